The average molecular weight is 344 g/mol. The summed E-state index contributed by atoms with van der Waals surface area (Å²) in [5.74, 6) is -0.300. The zero-order chi connectivity index (χ0) is 15.4. The fourth-order valence-corrected chi connectivity index (χ4v) is 2.43. The van der Waals surface area contributed by atoms with Gasteiger partial charge in [-0.2, -0.15) is 5.26 Å². The second-order valence-electron chi connectivity index (χ2n) is 4.68. The highest BCUT2D eigenvalue weighted by Crippen LogP contribution is 2.18. The fraction of sp³-hybridized carbons (Fsp3) is 0.188. The van der Waals surface area contributed by atoms with E-state index in [1.807, 2.05) is 25.1 Å². The number of aryl methyl sites for hydroxylation is 2. The Labute approximate surface area is 132 Å². The first-order valence-corrected chi connectivity index (χ1v) is 7.21. The minimum Gasteiger partial charge on any atom is -0.332 e. The van der Waals surface area contributed by atoms with Crippen LogP contribution in [0.1, 0.15) is 33.4 Å². The van der Waals surface area contributed by atoms with Gasteiger partial charge < -0.3 is 5.32 Å². The lowest BCUT2D eigenvalue weighted by Gasteiger charge is -2.13. The van der Waals surface area contributed by atoms with E-state index in [9.17, 15) is 10.1 Å². The SMILES string of the molecule is Cc1ccc(C(=O)N[C@H](C#N)c2cccc(Br)c2)c(C)n1. The Balaban J connectivity index is 2.23. The van der Waals surface area contributed by atoms with Crippen LogP contribution in [0, 0.1) is 25.2 Å². The molecule has 2 rings (SSSR count). The van der Waals surface area contributed by atoms with Crippen molar-refractivity contribution in [3.05, 3.63) is 63.4 Å². The van der Waals surface area contributed by atoms with Gasteiger partial charge in [-0.3, -0.25) is 9.78 Å². The first kappa shape index (κ1) is 15.2. The van der Waals surface area contributed by atoms with Gasteiger partial charge >= 0.3 is 0 Å². The van der Waals surface area contributed by atoms with Crippen LogP contribution in [0.15, 0.2) is 40.9 Å². The molecule has 1 N–H and O–H groups in total. The molecule has 0 aliphatic rings. The molecule has 1 aromatic carbocycles. The first-order chi connectivity index (χ1) is 10.0. The molecule has 0 aliphatic heterocycles. The molecule has 106 valence electrons. The molecule has 0 saturated heterocycles. The van der Waals surface area contributed by atoms with E-state index in [2.05, 4.69) is 32.3 Å². The van der Waals surface area contributed by atoms with E-state index in [0.29, 0.717) is 11.3 Å². The number of aromatic nitrogens is 1. The third-order valence-electron chi connectivity index (χ3n) is 3.06. The first-order valence-electron chi connectivity index (χ1n) is 6.41. The summed E-state index contributed by atoms with van der Waals surface area (Å²) in [6.07, 6.45) is 0. The van der Waals surface area contributed by atoms with Crippen molar-refractivity contribution in [1.82, 2.24) is 10.3 Å². The second kappa shape index (κ2) is 6.51. The minimum atomic E-state index is -0.698. The van der Waals surface area contributed by atoms with Gasteiger partial charge in [0, 0.05) is 10.2 Å². The maximum Gasteiger partial charge on any atom is 0.254 e. The molecule has 4 nitrogen and oxygen atoms in total. The van der Waals surface area contributed by atoms with Gasteiger partial charge in [-0.05, 0) is 43.7 Å². The van der Waals surface area contributed by atoms with Gasteiger partial charge in [0.2, 0.25) is 0 Å². The molecule has 2 aromatic rings. The number of carbonyl (C=O) groups excluding carboxylic acids is 1. The molecule has 1 amide bonds. The standard InChI is InChI=1S/C16H14BrN3O/c1-10-6-7-14(11(2)19-10)16(21)20-15(9-18)12-4-3-5-13(17)8-12/h3-8,15H,1-2H3,(H,20,21)/t15-/m1/s1. The van der Waals surface area contributed by atoms with Crippen LogP contribution in [0.5, 0.6) is 0 Å². The Kier molecular flexibility index (Phi) is 4.71. The molecular weight excluding hydrogens is 330 g/mol. The monoisotopic (exact) mass is 343 g/mol. The largest absolute Gasteiger partial charge is 0.332 e. The number of pyridine rings is 1. The molecule has 0 fully saturated rings. The fourth-order valence-electron chi connectivity index (χ4n) is 2.01. The number of hydrogen-bond acceptors (Lipinski definition) is 3. The third-order valence-corrected chi connectivity index (χ3v) is 3.55. The maximum atomic E-state index is 12.3. The molecule has 0 aliphatic carbocycles. The Morgan fingerprint density at radius 3 is 2.71 bits per heavy atom. The van der Waals surface area contributed by atoms with E-state index in [0.717, 1.165) is 15.7 Å². The van der Waals surface area contributed by atoms with Crippen LogP contribution in [0.25, 0.3) is 0 Å². The van der Waals surface area contributed by atoms with Crippen molar-refractivity contribution in [3.63, 3.8) is 0 Å². The lowest BCUT2D eigenvalue weighted by Crippen LogP contribution is -2.28. The van der Waals surface area contributed by atoms with Crippen molar-refractivity contribution in [2.24, 2.45) is 0 Å². The summed E-state index contributed by atoms with van der Waals surface area (Å²) < 4.78 is 0.864. The number of amides is 1. The number of halogens is 1. The highest BCUT2D eigenvalue weighted by molar-refractivity contribution is 9.10. The van der Waals surface area contributed by atoms with Gasteiger partial charge in [0.05, 0.1) is 17.3 Å². The molecule has 1 heterocycles. The summed E-state index contributed by atoms with van der Waals surface area (Å²) in [5, 5.41) is 12.0. The molecule has 0 saturated carbocycles. The molecule has 21 heavy (non-hydrogen) atoms. The van der Waals surface area contributed by atoms with Crippen molar-refractivity contribution in [2.75, 3.05) is 0 Å². The Morgan fingerprint density at radius 2 is 2.10 bits per heavy atom. The van der Waals surface area contributed by atoms with Crippen LogP contribution in [0.3, 0.4) is 0 Å². The maximum absolute atomic E-state index is 12.3. The molecule has 1 aromatic heterocycles. The van der Waals surface area contributed by atoms with Crippen LogP contribution in [-0.4, -0.2) is 10.9 Å². The van der Waals surface area contributed by atoms with E-state index >= 15 is 0 Å². The highest BCUT2D eigenvalue weighted by atomic mass is 79.9. The normalized spacial score (nSPS) is 11.5. The van der Waals surface area contributed by atoms with E-state index in [4.69, 9.17) is 0 Å². The van der Waals surface area contributed by atoms with Crippen molar-refractivity contribution in [3.8, 4) is 6.07 Å². The smallest absolute Gasteiger partial charge is 0.254 e. The highest BCUT2D eigenvalue weighted by Gasteiger charge is 2.17. The predicted molar refractivity (Wildman–Crippen MR) is 83.7 cm³/mol. The van der Waals surface area contributed by atoms with Crippen LogP contribution in [0.2, 0.25) is 0 Å². The van der Waals surface area contributed by atoms with Gasteiger partial charge in [0.15, 0.2) is 0 Å². The van der Waals surface area contributed by atoms with Crippen molar-refractivity contribution in [2.45, 2.75) is 19.9 Å². The topological polar surface area (TPSA) is 65.8 Å². The Morgan fingerprint density at radius 1 is 1.33 bits per heavy atom. The summed E-state index contributed by atoms with van der Waals surface area (Å²) in [6, 6.07) is 12.2. The number of benzene rings is 1. The number of hydrogen-bond donors (Lipinski definition) is 1. The van der Waals surface area contributed by atoms with Crippen LogP contribution < -0.4 is 5.32 Å². The van der Waals surface area contributed by atoms with Crippen LogP contribution in [0.4, 0.5) is 0 Å². The predicted octanol–water partition coefficient (Wildman–Crippen LogP) is 3.46. The molecule has 0 radical (unpaired) electrons. The van der Waals surface area contributed by atoms with E-state index in [-0.39, 0.29) is 5.91 Å². The lowest BCUT2D eigenvalue weighted by atomic mass is 10.1. The molecule has 1 atom stereocenters. The summed E-state index contributed by atoms with van der Waals surface area (Å²) in [5.41, 5.74) is 2.72. The Bertz CT molecular complexity index is 722. The molecule has 0 unspecified atom stereocenters. The van der Waals surface area contributed by atoms with Crippen LogP contribution >= 0.6 is 15.9 Å². The van der Waals surface area contributed by atoms with Gasteiger partial charge in [-0.15, -0.1) is 0 Å². The van der Waals surface area contributed by atoms with E-state index in [1.54, 1.807) is 25.1 Å². The van der Waals surface area contributed by atoms with Crippen molar-refractivity contribution < 1.29 is 4.79 Å². The number of nitrogens with zero attached hydrogens (tertiary/aromatic N) is 2. The number of carbonyl (C=O) groups is 1. The number of nitriles is 1. The van der Waals surface area contributed by atoms with Gasteiger partial charge in [0.25, 0.3) is 5.91 Å². The minimum absolute atomic E-state index is 0.300. The zero-order valence-corrected chi connectivity index (χ0v) is 13.3. The third kappa shape index (κ3) is 3.67. The molecule has 0 spiro atoms. The number of nitrogens with one attached hydrogen (secondary N) is 1. The van der Waals surface area contributed by atoms with Gasteiger partial charge in [0.1, 0.15) is 6.04 Å². The summed E-state index contributed by atoms with van der Waals surface area (Å²) >= 11 is 3.36. The van der Waals surface area contributed by atoms with Gasteiger partial charge in [-0.1, -0.05) is 28.1 Å². The quantitative estimate of drug-likeness (QED) is 0.927. The summed E-state index contributed by atoms with van der Waals surface area (Å²) in [4.78, 5) is 16.6. The Hall–Kier alpha value is -2.19. The molecule has 0 bridgehead atoms. The molecular formula is C16H14BrN3O. The van der Waals surface area contributed by atoms with Gasteiger partial charge in [-0.25, -0.2) is 0 Å². The van der Waals surface area contributed by atoms with E-state index < -0.39 is 6.04 Å². The number of rotatable bonds is 3. The lowest BCUT2D eigenvalue weighted by molar-refractivity contribution is 0.0944. The van der Waals surface area contributed by atoms with Crippen molar-refractivity contribution in [1.29, 1.82) is 5.26 Å². The second-order valence-corrected chi connectivity index (χ2v) is 5.59. The molecule has 5 heteroatoms. The summed E-state index contributed by atoms with van der Waals surface area (Å²) in [6.45, 7) is 3.65. The van der Waals surface area contributed by atoms with Crippen LogP contribution in [-0.2, 0) is 0 Å². The van der Waals surface area contributed by atoms with E-state index in [1.165, 1.54) is 0 Å². The average Bonchev–Trinajstić information content (AvgIpc) is 2.44. The summed E-state index contributed by atoms with van der Waals surface area (Å²) in [7, 11) is 0. The van der Waals surface area contributed by atoms with Crippen molar-refractivity contribution >= 4 is 21.8 Å². The zero-order valence-electron chi connectivity index (χ0n) is 11.7.